The molecule has 20 heavy (non-hydrogen) atoms. The average Bonchev–Trinajstić information content (AvgIpc) is 2.95. The predicted molar refractivity (Wildman–Crippen MR) is 72.7 cm³/mol. The highest BCUT2D eigenvalue weighted by Crippen LogP contribution is 2.16. The van der Waals surface area contributed by atoms with Gasteiger partial charge < -0.3 is 9.15 Å². The summed E-state index contributed by atoms with van der Waals surface area (Å²) < 4.78 is 10.4. The van der Waals surface area contributed by atoms with Crippen molar-refractivity contribution in [2.45, 2.75) is 26.4 Å². The van der Waals surface area contributed by atoms with E-state index in [0.29, 0.717) is 24.9 Å². The molecule has 0 aliphatic carbocycles. The second-order valence-corrected chi connectivity index (χ2v) is 4.22. The first-order valence-electron chi connectivity index (χ1n) is 6.48. The number of aromatic nitrogens is 2. The smallest absolute Gasteiger partial charge is 0.322 e. The summed E-state index contributed by atoms with van der Waals surface area (Å²) in [7, 11) is 0. The van der Waals surface area contributed by atoms with E-state index in [0.717, 1.165) is 5.56 Å². The molecule has 2 rings (SSSR count). The third kappa shape index (κ3) is 3.64. The summed E-state index contributed by atoms with van der Waals surface area (Å²) in [6, 6.07) is 9.10. The summed E-state index contributed by atoms with van der Waals surface area (Å²) >= 11 is 0. The van der Waals surface area contributed by atoms with E-state index in [-0.39, 0.29) is 5.97 Å². The molecule has 1 atom stereocenters. The number of rotatable bonds is 6. The quantitative estimate of drug-likeness (QED) is 0.810. The van der Waals surface area contributed by atoms with Crippen LogP contribution in [-0.2, 0) is 16.1 Å². The minimum Gasteiger partial charge on any atom is -0.465 e. The van der Waals surface area contributed by atoms with Crippen molar-refractivity contribution < 1.29 is 13.9 Å². The molecule has 6 heteroatoms. The Kier molecular flexibility index (Phi) is 4.84. The van der Waals surface area contributed by atoms with Crippen LogP contribution in [0.5, 0.6) is 0 Å². The molecule has 106 valence electrons. The lowest BCUT2D eigenvalue weighted by molar-refractivity contribution is -0.145. The molecule has 6 nitrogen and oxygen atoms in total. The highest BCUT2D eigenvalue weighted by molar-refractivity contribution is 5.75. The van der Waals surface area contributed by atoms with Gasteiger partial charge in [0.2, 0.25) is 11.8 Å². The van der Waals surface area contributed by atoms with Crippen molar-refractivity contribution in [1.82, 2.24) is 15.5 Å². The van der Waals surface area contributed by atoms with Gasteiger partial charge in [-0.05, 0) is 26.0 Å². The van der Waals surface area contributed by atoms with Gasteiger partial charge in [-0.3, -0.25) is 10.1 Å². The highest BCUT2D eigenvalue weighted by atomic mass is 16.5. The fourth-order valence-electron chi connectivity index (χ4n) is 1.61. The van der Waals surface area contributed by atoms with Crippen LogP contribution >= 0.6 is 0 Å². The van der Waals surface area contributed by atoms with Crippen LogP contribution in [0.15, 0.2) is 34.7 Å². The molecule has 1 unspecified atom stereocenters. The number of nitrogens with zero attached hydrogens (tertiary/aromatic N) is 2. The minimum atomic E-state index is -0.415. The molecular formula is C14H17N3O3. The van der Waals surface area contributed by atoms with E-state index in [9.17, 15) is 4.79 Å². The first-order chi connectivity index (χ1) is 9.70. The normalized spacial score (nSPS) is 12.1. The number of nitrogens with one attached hydrogen (secondary N) is 1. The van der Waals surface area contributed by atoms with Crippen LogP contribution in [0.2, 0.25) is 0 Å². The summed E-state index contributed by atoms with van der Waals surface area (Å²) in [5.41, 5.74) is 0.865. The fraction of sp³-hybridized carbons (Fsp3) is 0.357. The lowest BCUT2D eigenvalue weighted by Gasteiger charge is -2.10. The predicted octanol–water partition coefficient (Wildman–Crippen LogP) is 1.78. The molecule has 0 bridgehead atoms. The van der Waals surface area contributed by atoms with Crippen molar-refractivity contribution in [3.63, 3.8) is 0 Å². The van der Waals surface area contributed by atoms with Crippen LogP contribution in [0.3, 0.4) is 0 Å². The van der Waals surface area contributed by atoms with Crippen molar-refractivity contribution in [3.8, 4) is 11.5 Å². The summed E-state index contributed by atoms with van der Waals surface area (Å²) in [5.74, 6) is 0.599. The van der Waals surface area contributed by atoms with Gasteiger partial charge in [0.25, 0.3) is 0 Å². The van der Waals surface area contributed by atoms with Gasteiger partial charge in [0.05, 0.1) is 13.2 Å². The molecule has 2 aromatic rings. The number of carbonyl (C=O) groups is 1. The SMILES string of the molecule is CCOC(=O)C(C)NCc1nnc(-c2ccccc2)o1. The van der Waals surface area contributed by atoms with Crippen molar-refractivity contribution in [2.24, 2.45) is 0 Å². The van der Waals surface area contributed by atoms with Crippen LogP contribution in [0.4, 0.5) is 0 Å². The van der Waals surface area contributed by atoms with E-state index >= 15 is 0 Å². The molecule has 1 aromatic carbocycles. The topological polar surface area (TPSA) is 77.2 Å². The number of benzene rings is 1. The molecule has 1 heterocycles. The number of carbonyl (C=O) groups excluding carboxylic acids is 1. The molecule has 0 fully saturated rings. The Morgan fingerprint density at radius 3 is 2.80 bits per heavy atom. The Morgan fingerprint density at radius 1 is 1.35 bits per heavy atom. The Hall–Kier alpha value is -2.21. The number of hydrogen-bond acceptors (Lipinski definition) is 6. The third-order valence-corrected chi connectivity index (χ3v) is 2.69. The van der Waals surface area contributed by atoms with E-state index in [1.54, 1.807) is 13.8 Å². The second-order valence-electron chi connectivity index (χ2n) is 4.22. The van der Waals surface area contributed by atoms with Gasteiger partial charge in [0, 0.05) is 5.56 Å². The average molecular weight is 275 g/mol. The van der Waals surface area contributed by atoms with E-state index in [1.807, 2.05) is 30.3 Å². The van der Waals surface area contributed by atoms with Gasteiger partial charge >= 0.3 is 5.97 Å². The minimum absolute atomic E-state index is 0.296. The van der Waals surface area contributed by atoms with Crippen molar-refractivity contribution in [2.75, 3.05) is 6.61 Å². The highest BCUT2D eigenvalue weighted by Gasteiger charge is 2.15. The maximum absolute atomic E-state index is 11.4. The monoisotopic (exact) mass is 275 g/mol. The molecule has 0 saturated carbocycles. The van der Waals surface area contributed by atoms with Gasteiger partial charge in [-0.2, -0.15) is 0 Å². The number of ether oxygens (including phenoxy) is 1. The lowest BCUT2D eigenvalue weighted by Crippen LogP contribution is -2.34. The standard InChI is InChI=1S/C14H17N3O3/c1-3-19-14(18)10(2)15-9-12-16-17-13(20-12)11-7-5-4-6-8-11/h4-8,10,15H,3,9H2,1-2H3. The van der Waals surface area contributed by atoms with Gasteiger partial charge in [0.15, 0.2) is 0 Å². The zero-order chi connectivity index (χ0) is 14.4. The number of hydrogen-bond donors (Lipinski definition) is 1. The lowest BCUT2D eigenvalue weighted by atomic mass is 10.2. The molecule has 1 aromatic heterocycles. The molecule has 0 amide bonds. The summed E-state index contributed by atoms with van der Waals surface area (Å²) in [4.78, 5) is 11.4. The molecular weight excluding hydrogens is 258 g/mol. The van der Waals surface area contributed by atoms with Crippen LogP contribution in [0.1, 0.15) is 19.7 Å². The first-order valence-corrected chi connectivity index (χ1v) is 6.48. The van der Waals surface area contributed by atoms with Gasteiger partial charge in [0.1, 0.15) is 6.04 Å². The van der Waals surface area contributed by atoms with Crippen LogP contribution in [0.25, 0.3) is 11.5 Å². The van der Waals surface area contributed by atoms with Gasteiger partial charge in [-0.25, -0.2) is 0 Å². The Balaban J connectivity index is 1.92. The Morgan fingerprint density at radius 2 is 2.10 bits per heavy atom. The van der Waals surface area contributed by atoms with Crippen molar-refractivity contribution >= 4 is 5.97 Å². The number of esters is 1. The van der Waals surface area contributed by atoms with Crippen LogP contribution in [-0.4, -0.2) is 28.8 Å². The summed E-state index contributed by atoms with van der Waals surface area (Å²) in [5, 5.41) is 10.9. The fourth-order valence-corrected chi connectivity index (χ4v) is 1.61. The largest absolute Gasteiger partial charge is 0.465 e. The molecule has 0 aliphatic heterocycles. The molecule has 0 spiro atoms. The Labute approximate surface area is 117 Å². The van der Waals surface area contributed by atoms with E-state index in [2.05, 4.69) is 15.5 Å². The molecule has 1 N–H and O–H groups in total. The molecule has 0 radical (unpaired) electrons. The zero-order valence-electron chi connectivity index (χ0n) is 11.5. The molecule has 0 saturated heterocycles. The van der Waals surface area contributed by atoms with Crippen molar-refractivity contribution in [1.29, 1.82) is 0 Å². The van der Waals surface area contributed by atoms with Gasteiger partial charge in [-0.1, -0.05) is 18.2 Å². The maximum atomic E-state index is 11.4. The van der Waals surface area contributed by atoms with E-state index in [1.165, 1.54) is 0 Å². The summed E-state index contributed by atoms with van der Waals surface area (Å²) in [6.45, 7) is 4.19. The maximum Gasteiger partial charge on any atom is 0.322 e. The molecule has 0 aliphatic rings. The Bertz CT molecular complexity index is 554. The van der Waals surface area contributed by atoms with Crippen LogP contribution in [0, 0.1) is 0 Å². The van der Waals surface area contributed by atoms with Crippen LogP contribution < -0.4 is 5.32 Å². The van der Waals surface area contributed by atoms with E-state index < -0.39 is 6.04 Å². The first kappa shape index (κ1) is 14.2. The second kappa shape index (κ2) is 6.81. The van der Waals surface area contributed by atoms with E-state index in [4.69, 9.17) is 9.15 Å². The third-order valence-electron chi connectivity index (χ3n) is 2.69. The summed E-state index contributed by atoms with van der Waals surface area (Å²) in [6.07, 6.45) is 0. The van der Waals surface area contributed by atoms with Crippen molar-refractivity contribution in [3.05, 3.63) is 36.2 Å². The van der Waals surface area contributed by atoms with Gasteiger partial charge in [-0.15, -0.1) is 10.2 Å². The zero-order valence-corrected chi connectivity index (χ0v) is 11.5.